The number of ketones is 1. The molecule has 2 heteroatoms. The number of benzene rings is 1. The van der Waals surface area contributed by atoms with Crippen molar-refractivity contribution >= 4 is 16.6 Å². The highest BCUT2D eigenvalue weighted by Gasteiger charge is 2.06. The molecule has 0 unspecified atom stereocenters. The highest BCUT2D eigenvalue weighted by Crippen LogP contribution is 2.18. The van der Waals surface area contributed by atoms with Gasteiger partial charge in [0.05, 0.1) is 0 Å². The lowest BCUT2D eigenvalue weighted by atomic mass is 10.0. The third-order valence-corrected chi connectivity index (χ3v) is 2.30. The molecule has 0 spiro atoms. The van der Waals surface area contributed by atoms with Crippen LogP contribution in [-0.2, 0) is 0 Å². The molecule has 1 aromatic carbocycles. The Kier molecular flexibility index (Phi) is 2.27. The maximum absolute atomic E-state index is 11.6. The first-order chi connectivity index (χ1) is 6.83. The topological polar surface area (TPSA) is 30.0 Å². The van der Waals surface area contributed by atoms with E-state index in [9.17, 15) is 4.79 Å². The van der Waals surface area contributed by atoms with Gasteiger partial charge in [-0.15, -0.1) is 0 Å². The van der Waals surface area contributed by atoms with Crippen molar-refractivity contribution in [1.82, 2.24) is 4.98 Å². The van der Waals surface area contributed by atoms with Gasteiger partial charge in [-0.2, -0.15) is 0 Å². The minimum Gasteiger partial charge on any atom is -0.294 e. The van der Waals surface area contributed by atoms with Crippen LogP contribution in [0.1, 0.15) is 23.7 Å². The van der Waals surface area contributed by atoms with Gasteiger partial charge in [0.2, 0.25) is 0 Å². The lowest BCUT2D eigenvalue weighted by Crippen LogP contribution is -1.97. The highest BCUT2D eigenvalue weighted by molar-refractivity contribution is 6.07. The summed E-state index contributed by atoms with van der Waals surface area (Å²) >= 11 is 0. The molecule has 0 aliphatic heterocycles. The number of aromatic nitrogens is 1. The van der Waals surface area contributed by atoms with E-state index in [1.54, 1.807) is 12.4 Å². The summed E-state index contributed by atoms with van der Waals surface area (Å²) < 4.78 is 0. The Bertz CT molecular complexity index is 471. The fraction of sp³-hybridized carbons (Fsp3) is 0.167. The molecule has 1 heterocycles. The third-order valence-electron chi connectivity index (χ3n) is 2.30. The van der Waals surface area contributed by atoms with Crippen LogP contribution in [0.4, 0.5) is 0 Å². The Morgan fingerprint density at radius 1 is 1.36 bits per heavy atom. The molecule has 0 aliphatic rings. The van der Waals surface area contributed by atoms with Crippen LogP contribution < -0.4 is 0 Å². The number of rotatable bonds is 2. The Balaban J connectivity index is 2.71. The van der Waals surface area contributed by atoms with Crippen LogP contribution >= 0.6 is 0 Å². The number of hydrogen-bond donors (Lipinski definition) is 0. The molecule has 2 rings (SSSR count). The van der Waals surface area contributed by atoms with Crippen LogP contribution in [0.25, 0.3) is 10.8 Å². The number of fused-ring (bicyclic) bond motifs is 1. The van der Waals surface area contributed by atoms with Crippen molar-refractivity contribution in [2.24, 2.45) is 0 Å². The second kappa shape index (κ2) is 3.58. The SMILES string of the molecule is CCC(=O)c1cccc2cnccc12. The van der Waals surface area contributed by atoms with Crippen molar-refractivity contribution in [3.8, 4) is 0 Å². The molecule has 70 valence electrons. The number of carbonyl (C=O) groups is 1. The molecule has 0 bridgehead atoms. The van der Waals surface area contributed by atoms with Crippen molar-refractivity contribution in [2.75, 3.05) is 0 Å². The van der Waals surface area contributed by atoms with Crippen molar-refractivity contribution in [1.29, 1.82) is 0 Å². The first-order valence-corrected chi connectivity index (χ1v) is 4.69. The summed E-state index contributed by atoms with van der Waals surface area (Å²) in [5.41, 5.74) is 0.799. The normalized spacial score (nSPS) is 10.4. The van der Waals surface area contributed by atoms with Gasteiger partial charge in [0.1, 0.15) is 0 Å². The van der Waals surface area contributed by atoms with Crippen molar-refractivity contribution in [3.63, 3.8) is 0 Å². The van der Waals surface area contributed by atoms with Gasteiger partial charge in [-0.25, -0.2) is 0 Å². The average Bonchev–Trinajstić information content (AvgIpc) is 2.27. The third kappa shape index (κ3) is 1.39. The van der Waals surface area contributed by atoms with Crippen LogP contribution in [0.3, 0.4) is 0 Å². The van der Waals surface area contributed by atoms with Crippen molar-refractivity contribution in [2.45, 2.75) is 13.3 Å². The Morgan fingerprint density at radius 3 is 3.00 bits per heavy atom. The predicted molar refractivity (Wildman–Crippen MR) is 56.4 cm³/mol. The molecule has 0 saturated carbocycles. The van der Waals surface area contributed by atoms with Crippen molar-refractivity contribution in [3.05, 3.63) is 42.2 Å². The molecule has 0 atom stereocenters. The van der Waals surface area contributed by atoms with Crippen LogP contribution in [0.5, 0.6) is 0 Å². The predicted octanol–water partition coefficient (Wildman–Crippen LogP) is 2.83. The zero-order valence-electron chi connectivity index (χ0n) is 8.03. The molecule has 0 aliphatic carbocycles. The fourth-order valence-corrected chi connectivity index (χ4v) is 1.56. The van der Waals surface area contributed by atoms with Gasteiger partial charge < -0.3 is 0 Å². The molecule has 0 amide bonds. The Hall–Kier alpha value is -1.70. The van der Waals surface area contributed by atoms with E-state index in [4.69, 9.17) is 0 Å². The van der Waals surface area contributed by atoms with E-state index in [2.05, 4.69) is 4.98 Å². The Morgan fingerprint density at radius 2 is 2.21 bits per heavy atom. The van der Waals surface area contributed by atoms with E-state index >= 15 is 0 Å². The maximum atomic E-state index is 11.6. The lowest BCUT2D eigenvalue weighted by molar-refractivity contribution is 0.0990. The second-order valence-electron chi connectivity index (χ2n) is 3.18. The van der Waals surface area contributed by atoms with Gasteiger partial charge in [-0.1, -0.05) is 25.1 Å². The molecule has 0 fully saturated rings. The van der Waals surface area contributed by atoms with E-state index in [0.717, 1.165) is 16.3 Å². The summed E-state index contributed by atoms with van der Waals surface area (Å²) in [4.78, 5) is 15.6. The van der Waals surface area contributed by atoms with E-state index in [1.807, 2.05) is 31.2 Å². The largest absolute Gasteiger partial charge is 0.294 e. The number of hydrogen-bond acceptors (Lipinski definition) is 2. The van der Waals surface area contributed by atoms with Gasteiger partial charge in [-0.05, 0) is 11.5 Å². The summed E-state index contributed by atoms with van der Waals surface area (Å²) in [7, 11) is 0. The van der Waals surface area contributed by atoms with Crippen LogP contribution in [-0.4, -0.2) is 10.8 Å². The van der Waals surface area contributed by atoms with Gasteiger partial charge >= 0.3 is 0 Å². The molecule has 0 radical (unpaired) electrons. The van der Waals surface area contributed by atoms with Gasteiger partial charge in [-0.3, -0.25) is 9.78 Å². The quantitative estimate of drug-likeness (QED) is 0.673. The van der Waals surface area contributed by atoms with Gasteiger partial charge in [0, 0.05) is 29.8 Å². The van der Waals surface area contributed by atoms with Gasteiger partial charge in [0.25, 0.3) is 0 Å². The summed E-state index contributed by atoms with van der Waals surface area (Å²) in [5, 5.41) is 2.01. The van der Waals surface area contributed by atoms with Crippen LogP contribution in [0.2, 0.25) is 0 Å². The molecule has 2 aromatic rings. The van der Waals surface area contributed by atoms with E-state index in [-0.39, 0.29) is 5.78 Å². The summed E-state index contributed by atoms with van der Waals surface area (Å²) in [6, 6.07) is 7.62. The molecular formula is C12H11NO. The first kappa shape index (κ1) is 8.88. The zero-order chi connectivity index (χ0) is 9.97. The standard InChI is InChI=1S/C12H11NO/c1-2-12(14)11-5-3-4-9-8-13-7-6-10(9)11/h3-8H,2H2,1H3. The van der Waals surface area contributed by atoms with Crippen LogP contribution in [0, 0.1) is 0 Å². The first-order valence-electron chi connectivity index (χ1n) is 4.69. The van der Waals surface area contributed by atoms with Gasteiger partial charge in [0.15, 0.2) is 5.78 Å². The minimum absolute atomic E-state index is 0.182. The number of Topliss-reactive ketones (excluding diaryl/α,β-unsaturated/α-hetero) is 1. The monoisotopic (exact) mass is 185 g/mol. The summed E-state index contributed by atoms with van der Waals surface area (Å²) in [5.74, 6) is 0.182. The zero-order valence-corrected chi connectivity index (χ0v) is 8.03. The molecule has 2 nitrogen and oxygen atoms in total. The number of pyridine rings is 1. The van der Waals surface area contributed by atoms with Crippen molar-refractivity contribution < 1.29 is 4.79 Å². The summed E-state index contributed by atoms with van der Waals surface area (Å²) in [6.07, 6.45) is 4.04. The number of carbonyl (C=O) groups excluding carboxylic acids is 1. The fourth-order valence-electron chi connectivity index (χ4n) is 1.56. The van der Waals surface area contributed by atoms with E-state index in [0.29, 0.717) is 6.42 Å². The lowest BCUT2D eigenvalue weighted by Gasteiger charge is -2.02. The molecular weight excluding hydrogens is 174 g/mol. The van der Waals surface area contributed by atoms with Crippen LogP contribution in [0.15, 0.2) is 36.7 Å². The highest BCUT2D eigenvalue weighted by atomic mass is 16.1. The molecule has 0 N–H and O–H groups in total. The maximum Gasteiger partial charge on any atom is 0.163 e. The average molecular weight is 185 g/mol. The van der Waals surface area contributed by atoms with E-state index in [1.165, 1.54) is 0 Å². The molecule has 0 saturated heterocycles. The molecule has 14 heavy (non-hydrogen) atoms. The minimum atomic E-state index is 0.182. The molecule has 1 aromatic heterocycles. The smallest absolute Gasteiger partial charge is 0.163 e. The second-order valence-corrected chi connectivity index (χ2v) is 3.18. The summed E-state index contributed by atoms with van der Waals surface area (Å²) in [6.45, 7) is 1.88. The Labute approximate surface area is 82.6 Å². The van der Waals surface area contributed by atoms with E-state index < -0.39 is 0 Å². The number of nitrogens with zero attached hydrogens (tertiary/aromatic N) is 1.